The molecule has 1 aliphatic carbocycles. The van der Waals surface area contributed by atoms with Gasteiger partial charge in [0.25, 0.3) is 0 Å². The smallest absolute Gasteiger partial charge is 0.348 e. The average Bonchev–Trinajstić information content (AvgIpc) is 3.17. The standard InChI is InChI=1S/C22H21NO4/c1-25-21-9-6-15(10-18(13-23)22(24)26-2)11-19(21)14-27-20-8-7-16-4-3-5-17(16)12-20/h6-12H,3-5,14H2,1-2H3. The minimum Gasteiger partial charge on any atom is -0.496 e. The Morgan fingerprint density at radius 3 is 2.70 bits per heavy atom. The molecule has 0 spiro atoms. The maximum atomic E-state index is 11.6. The van der Waals surface area contributed by atoms with Crippen molar-refractivity contribution in [3.8, 4) is 17.6 Å². The maximum absolute atomic E-state index is 11.6. The monoisotopic (exact) mass is 363 g/mol. The van der Waals surface area contributed by atoms with Gasteiger partial charge in [0.05, 0.1) is 14.2 Å². The molecule has 0 amide bonds. The SMILES string of the molecule is COC(=O)C(C#N)=Cc1ccc(OC)c(COc2ccc3c(c2)CCC3)c1. The van der Waals surface area contributed by atoms with Crippen LogP contribution >= 0.6 is 0 Å². The third-order valence-corrected chi connectivity index (χ3v) is 4.61. The summed E-state index contributed by atoms with van der Waals surface area (Å²) in [6.07, 6.45) is 4.92. The second-order valence-corrected chi connectivity index (χ2v) is 6.31. The number of ether oxygens (including phenoxy) is 3. The van der Waals surface area contributed by atoms with Gasteiger partial charge < -0.3 is 14.2 Å². The van der Waals surface area contributed by atoms with Crippen LogP contribution in [0.15, 0.2) is 42.0 Å². The Morgan fingerprint density at radius 2 is 1.96 bits per heavy atom. The number of fused-ring (bicyclic) bond motifs is 1. The minimum absolute atomic E-state index is 0.0619. The fourth-order valence-electron chi connectivity index (χ4n) is 3.21. The molecule has 0 unspecified atom stereocenters. The Hall–Kier alpha value is -3.26. The first-order chi connectivity index (χ1) is 13.1. The van der Waals surface area contributed by atoms with Crippen molar-refractivity contribution in [2.45, 2.75) is 25.9 Å². The van der Waals surface area contributed by atoms with Crippen molar-refractivity contribution in [2.24, 2.45) is 0 Å². The highest BCUT2D eigenvalue weighted by atomic mass is 16.5. The number of nitrogens with zero attached hydrogens (tertiary/aromatic N) is 1. The molecule has 0 aromatic heterocycles. The number of rotatable bonds is 6. The van der Waals surface area contributed by atoms with Gasteiger partial charge >= 0.3 is 5.97 Å². The number of esters is 1. The van der Waals surface area contributed by atoms with Crippen LogP contribution in [0.5, 0.6) is 11.5 Å². The largest absolute Gasteiger partial charge is 0.496 e. The van der Waals surface area contributed by atoms with Gasteiger partial charge in [0.1, 0.15) is 29.7 Å². The first kappa shape index (κ1) is 18.5. The van der Waals surface area contributed by atoms with Gasteiger partial charge in [0.15, 0.2) is 0 Å². The van der Waals surface area contributed by atoms with Crippen molar-refractivity contribution in [3.05, 3.63) is 64.2 Å². The van der Waals surface area contributed by atoms with Gasteiger partial charge in [-0.1, -0.05) is 12.1 Å². The summed E-state index contributed by atoms with van der Waals surface area (Å²) in [5.74, 6) is 0.847. The van der Waals surface area contributed by atoms with E-state index in [1.807, 2.05) is 18.2 Å². The van der Waals surface area contributed by atoms with Crippen LogP contribution in [0.2, 0.25) is 0 Å². The molecule has 2 aromatic rings. The third kappa shape index (κ3) is 4.29. The third-order valence-electron chi connectivity index (χ3n) is 4.61. The molecular formula is C22H21NO4. The number of methoxy groups -OCH3 is 2. The van der Waals surface area contributed by atoms with Crippen LogP contribution in [-0.2, 0) is 29.0 Å². The Kier molecular flexibility index (Phi) is 5.77. The molecule has 0 radical (unpaired) electrons. The Morgan fingerprint density at radius 1 is 1.15 bits per heavy atom. The van der Waals surface area contributed by atoms with Crippen LogP contribution in [0.25, 0.3) is 6.08 Å². The van der Waals surface area contributed by atoms with Crippen LogP contribution in [0.3, 0.4) is 0 Å². The molecule has 0 N–H and O–H groups in total. The van der Waals surface area contributed by atoms with E-state index in [0.29, 0.717) is 17.9 Å². The molecule has 0 heterocycles. The molecule has 0 fully saturated rings. The van der Waals surface area contributed by atoms with Gasteiger partial charge in [-0.2, -0.15) is 5.26 Å². The number of nitriles is 1. The molecule has 5 nitrogen and oxygen atoms in total. The zero-order chi connectivity index (χ0) is 19.2. The van der Waals surface area contributed by atoms with E-state index in [4.69, 9.17) is 14.7 Å². The maximum Gasteiger partial charge on any atom is 0.348 e. The van der Waals surface area contributed by atoms with E-state index in [1.165, 1.54) is 30.7 Å². The summed E-state index contributed by atoms with van der Waals surface area (Å²) >= 11 is 0. The van der Waals surface area contributed by atoms with E-state index in [-0.39, 0.29) is 5.57 Å². The lowest BCUT2D eigenvalue weighted by Gasteiger charge is -2.12. The van der Waals surface area contributed by atoms with Crippen molar-refractivity contribution in [1.82, 2.24) is 0 Å². The first-order valence-electron chi connectivity index (χ1n) is 8.76. The number of carbonyl (C=O) groups is 1. The topological polar surface area (TPSA) is 68.6 Å². The quantitative estimate of drug-likeness (QED) is 0.443. The van der Waals surface area contributed by atoms with Crippen molar-refractivity contribution in [1.29, 1.82) is 5.26 Å². The summed E-state index contributed by atoms with van der Waals surface area (Å²) < 4.78 is 16.0. The van der Waals surface area contributed by atoms with E-state index < -0.39 is 5.97 Å². The molecule has 1 aliphatic rings. The van der Waals surface area contributed by atoms with Gasteiger partial charge in [-0.05, 0) is 66.3 Å². The second kappa shape index (κ2) is 8.41. The molecule has 0 bridgehead atoms. The Labute approximate surface area is 158 Å². The van der Waals surface area contributed by atoms with Gasteiger partial charge in [-0.15, -0.1) is 0 Å². The summed E-state index contributed by atoms with van der Waals surface area (Å²) in [5, 5.41) is 9.12. The number of hydrogen-bond acceptors (Lipinski definition) is 5. The van der Waals surface area contributed by atoms with Crippen molar-refractivity contribution < 1.29 is 19.0 Å². The van der Waals surface area contributed by atoms with E-state index in [2.05, 4.69) is 16.9 Å². The zero-order valence-corrected chi connectivity index (χ0v) is 15.5. The lowest BCUT2D eigenvalue weighted by Crippen LogP contribution is -2.03. The van der Waals surface area contributed by atoms with Crippen LogP contribution < -0.4 is 9.47 Å². The summed E-state index contributed by atoms with van der Waals surface area (Å²) in [5.41, 5.74) is 4.22. The van der Waals surface area contributed by atoms with Gasteiger partial charge in [-0.3, -0.25) is 0 Å². The molecule has 27 heavy (non-hydrogen) atoms. The highest BCUT2D eigenvalue weighted by Gasteiger charge is 2.13. The molecule has 0 saturated heterocycles. The zero-order valence-electron chi connectivity index (χ0n) is 15.5. The molecule has 2 aromatic carbocycles. The number of hydrogen-bond donors (Lipinski definition) is 0. The highest BCUT2D eigenvalue weighted by molar-refractivity contribution is 5.97. The predicted molar refractivity (Wildman–Crippen MR) is 101 cm³/mol. The normalized spacial score (nSPS) is 12.9. The Balaban J connectivity index is 1.81. The molecule has 0 atom stereocenters. The van der Waals surface area contributed by atoms with Crippen LogP contribution in [0.1, 0.15) is 28.7 Å². The summed E-state index contributed by atoms with van der Waals surface area (Å²) in [4.78, 5) is 11.6. The molecule has 138 valence electrons. The van der Waals surface area contributed by atoms with E-state index in [0.717, 1.165) is 24.2 Å². The molecule has 5 heteroatoms. The summed E-state index contributed by atoms with van der Waals surface area (Å²) in [6, 6.07) is 13.5. The fraction of sp³-hybridized carbons (Fsp3) is 0.273. The molecule has 0 aliphatic heterocycles. The highest BCUT2D eigenvalue weighted by Crippen LogP contribution is 2.28. The summed E-state index contributed by atoms with van der Waals surface area (Å²) in [6.45, 7) is 0.323. The van der Waals surface area contributed by atoms with E-state index in [1.54, 1.807) is 19.2 Å². The van der Waals surface area contributed by atoms with Crippen LogP contribution in [0.4, 0.5) is 0 Å². The molecule has 0 saturated carbocycles. The van der Waals surface area contributed by atoms with Gasteiger partial charge in [0.2, 0.25) is 0 Å². The van der Waals surface area contributed by atoms with Crippen molar-refractivity contribution in [3.63, 3.8) is 0 Å². The molecular weight excluding hydrogens is 342 g/mol. The second-order valence-electron chi connectivity index (χ2n) is 6.31. The van der Waals surface area contributed by atoms with Gasteiger partial charge in [0, 0.05) is 5.56 Å². The fourth-order valence-corrected chi connectivity index (χ4v) is 3.21. The predicted octanol–water partition coefficient (Wildman–Crippen LogP) is 3.84. The van der Waals surface area contributed by atoms with Crippen LogP contribution in [-0.4, -0.2) is 20.2 Å². The Bertz CT molecular complexity index is 924. The minimum atomic E-state index is -0.663. The number of carbonyl (C=O) groups excluding carboxylic acids is 1. The van der Waals surface area contributed by atoms with Crippen LogP contribution in [0, 0.1) is 11.3 Å². The van der Waals surface area contributed by atoms with Gasteiger partial charge in [-0.25, -0.2) is 4.79 Å². The van der Waals surface area contributed by atoms with E-state index in [9.17, 15) is 4.79 Å². The molecule has 3 rings (SSSR count). The van der Waals surface area contributed by atoms with Crippen molar-refractivity contribution in [2.75, 3.05) is 14.2 Å². The average molecular weight is 363 g/mol. The van der Waals surface area contributed by atoms with Crippen molar-refractivity contribution >= 4 is 12.0 Å². The lowest BCUT2D eigenvalue weighted by atomic mass is 10.1. The number of benzene rings is 2. The summed E-state index contributed by atoms with van der Waals surface area (Å²) in [7, 11) is 2.84. The number of aryl methyl sites for hydroxylation is 2. The first-order valence-corrected chi connectivity index (χ1v) is 8.76. The van der Waals surface area contributed by atoms with E-state index >= 15 is 0 Å². The lowest BCUT2D eigenvalue weighted by molar-refractivity contribution is -0.135.